The lowest BCUT2D eigenvalue weighted by Gasteiger charge is -2.22. The molecule has 0 spiro atoms. The minimum Gasteiger partial charge on any atom is -0.389 e. The maximum atomic E-state index is 5.61. The van der Waals surface area contributed by atoms with Crippen LogP contribution in [0.2, 0.25) is 0 Å². The molecule has 3 heteroatoms. The highest BCUT2D eigenvalue weighted by Gasteiger charge is 2.06. The highest BCUT2D eigenvalue weighted by molar-refractivity contribution is 7.80. The number of thiocarbonyl (C=S) groups is 1. The largest absolute Gasteiger partial charge is 0.389 e. The van der Waals surface area contributed by atoms with E-state index in [9.17, 15) is 0 Å². The minimum absolute atomic E-state index is 0.444. The van der Waals surface area contributed by atoms with Crippen LogP contribution in [0.4, 0.5) is 5.69 Å². The molecule has 2 aromatic rings. The van der Waals surface area contributed by atoms with E-state index in [-0.39, 0.29) is 0 Å². The predicted molar refractivity (Wildman–Crippen MR) is 90.4 cm³/mol. The van der Waals surface area contributed by atoms with Gasteiger partial charge in [0.15, 0.2) is 0 Å². The quantitative estimate of drug-likeness (QED) is 0.870. The lowest BCUT2D eigenvalue weighted by Crippen LogP contribution is -2.17. The molecule has 0 unspecified atom stereocenters. The Bertz CT molecular complexity index is 617. The van der Waals surface area contributed by atoms with Crippen molar-refractivity contribution >= 4 is 22.9 Å². The molecule has 0 bridgehead atoms. The average molecular weight is 284 g/mol. The molecule has 0 aliphatic rings. The van der Waals surface area contributed by atoms with E-state index in [0.717, 1.165) is 12.1 Å². The zero-order valence-corrected chi connectivity index (χ0v) is 13.0. The third-order valence-electron chi connectivity index (χ3n) is 3.42. The number of benzene rings is 2. The Morgan fingerprint density at radius 3 is 2.30 bits per heavy atom. The molecule has 0 aliphatic heterocycles. The summed E-state index contributed by atoms with van der Waals surface area (Å²) in [4.78, 5) is 2.70. The van der Waals surface area contributed by atoms with E-state index in [1.807, 2.05) is 12.1 Å². The van der Waals surface area contributed by atoms with Gasteiger partial charge in [-0.1, -0.05) is 54.2 Å². The topological polar surface area (TPSA) is 29.3 Å². The molecule has 2 nitrogen and oxygen atoms in total. The summed E-state index contributed by atoms with van der Waals surface area (Å²) in [5, 5.41) is 0. The van der Waals surface area contributed by atoms with Crippen molar-refractivity contribution in [2.45, 2.75) is 20.4 Å². The van der Waals surface area contributed by atoms with Gasteiger partial charge in [0, 0.05) is 24.8 Å². The first-order chi connectivity index (χ1) is 9.47. The predicted octanol–water partition coefficient (Wildman–Crippen LogP) is 3.57. The second-order valence-electron chi connectivity index (χ2n) is 5.21. The molecule has 20 heavy (non-hydrogen) atoms. The van der Waals surface area contributed by atoms with Crippen LogP contribution < -0.4 is 10.6 Å². The van der Waals surface area contributed by atoms with Crippen LogP contribution >= 0.6 is 12.2 Å². The first kappa shape index (κ1) is 14.5. The summed E-state index contributed by atoms with van der Waals surface area (Å²) in [7, 11) is 2.11. The van der Waals surface area contributed by atoms with E-state index in [1.54, 1.807) is 0 Å². The first-order valence-electron chi connectivity index (χ1n) is 6.64. The Labute approximate surface area is 126 Å². The maximum absolute atomic E-state index is 5.61. The number of hydrogen-bond acceptors (Lipinski definition) is 2. The first-order valence-corrected chi connectivity index (χ1v) is 7.05. The van der Waals surface area contributed by atoms with Crippen molar-refractivity contribution in [3.63, 3.8) is 0 Å². The van der Waals surface area contributed by atoms with E-state index in [4.69, 9.17) is 18.0 Å². The minimum atomic E-state index is 0.444. The zero-order valence-electron chi connectivity index (χ0n) is 12.2. The molecule has 0 saturated carbocycles. The summed E-state index contributed by atoms with van der Waals surface area (Å²) < 4.78 is 0. The smallest absolute Gasteiger partial charge is 0.103 e. The second-order valence-corrected chi connectivity index (χ2v) is 5.65. The fourth-order valence-corrected chi connectivity index (χ4v) is 2.50. The van der Waals surface area contributed by atoms with Crippen LogP contribution in [-0.4, -0.2) is 12.0 Å². The van der Waals surface area contributed by atoms with Crippen LogP contribution in [0.3, 0.4) is 0 Å². The van der Waals surface area contributed by atoms with Gasteiger partial charge in [-0.2, -0.15) is 0 Å². The molecule has 2 N–H and O–H groups in total. The Morgan fingerprint density at radius 2 is 1.75 bits per heavy atom. The van der Waals surface area contributed by atoms with Crippen molar-refractivity contribution in [1.82, 2.24) is 0 Å². The van der Waals surface area contributed by atoms with E-state index in [1.165, 1.54) is 22.4 Å². The number of anilines is 1. The average Bonchev–Trinajstić information content (AvgIpc) is 2.39. The van der Waals surface area contributed by atoms with Crippen molar-refractivity contribution in [3.8, 4) is 0 Å². The van der Waals surface area contributed by atoms with E-state index < -0.39 is 0 Å². The molecular weight excluding hydrogens is 264 g/mol. The third-order valence-corrected chi connectivity index (χ3v) is 3.66. The standard InChI is InChI=1S/C17H20N2S/c1-12-4-9-16(13(2)10-12)19(3)11-14-5-7-15(8-6-14)17(18)20/h4-10H,11H2,1-3H3,(H2,18,20). The molecule has 0 aliphatic carbocycles. The highest BCUT2D eigenvalue weighted by atomic mass is 32.1. The number of rotatable bonds is 4. The van der Waals surface area contributed by atoms with Crippen LogP contribution in [0, 0.1) is 13.8 Å². The van der Waals surface area contributed by atoms with E-state index in [0.29, 0.717) is 4.99 Å². The summed E-state index contributed by atoms with van der Waals surface area (Å²) in [5.74, 6) is 0. The molecule has 104 valence electrons. The normalized spacial score (nSPS) is 10.3. The van der Waals surface area contributed by atoms with Crippen LogP contribution in [0.5, 0.6) is 0 Å². The Morgan fingerprint density at radius 1 is 1.10 bits per heavy atom. The Balaban J connectivity index is 2.14. The number of aryl methyl sites for hydroxylation is 2. The molecule has 0 fully saturated rings. The monoisotopic (exact) mass is 284 g/mol. The van der Waals surface area contributed by atoms with Crippen LogP contribution in [0.15, 0.2) is 42.5 Å². The Kier molecular flexibility index (Phi) is 4.40. The van der Waals surface area contributed by atoms with Crippen molar-refractivity contribution in [3.05, 3.63) is 64.7 Å². The van der Waals surface area contributed by atoms with Crippen molar-refractivity contribution in [1.29, 1.82) is 0 Å². The van der Waals surface area contributed by atoms with Gasteiger partial charge < -0.3 is 10.6 Å². The van der Waals surface area contributed by atoms with Gasteiger partial charge in [-0.3, -0.25) is 0 Å². The molecule has 2 aromatic carbocycles. The van der Waals surface area contributed by atoms with Crippen LogP contribution in [0.1, 0.15) is 22.3 Å². The maximum Gasteiger partial charge on any atom is 0.103 e. The summed E-state index contributed by atoms with van der Waals surface area (Å²) >= 11 is 4.97. The van der Waals surface area contributed by atoms with Crippen LogP contribution in [0.25, 0.3) is 0 Å². The molecule has 0 heterocycles. The highest BCUT2D eigenvalue weighted by Crippen LogP contribution is 2.21. The van der Waals surface area contributed by atoms with Crippen molar-refractivity contribution < 1.29 is 0 Å². The SMILES string of the molecule is Cc1ccc(N(C)Cc2ccc(C(N)=S)cc2)c(C)c1. The lowest BCUT2D eigenvalue weighted by atomic mass is 10.1. The van der Waals surface area contributed by atoms with Gasteiger partial charge in [0.1, 0.15) is 4.99 Å². The van der Waals surface area contributed by atoms with Crippen LogP contribution in [-0.2, 0) is 6.54 Å². The molecule has 0 amide bonds. The Hall–Kier alpha value is -1.87. The molecule has 0 atom stereocenters. The number of nitrogens with zero attached hydrogens (tertiary/aromatic N) is 1. The summed E-state index contributed by atoms with van der Waals surface area (Å²) in [6.07, 6.45) is 0. The van der Waals surface area contributed by atoms with Crippen molar-refractivity contribution in [2.24, 2.45) is 5.73 Å². The van der Waals surface area contributed by atoms with E-state index >= 15 is 0 Å². The fraction of sp³-hybridized carbons (Fsp3) is 0.235. The molecular formula is C17H20N2S. The van der Waals surface area contributed by atoms with Gasteiger partial charge in [0.25, 0.3) is 0 Å². The van der Waals surface area contributed by atoms with Gasteiger partial charge in [0.2, 0.25) is 0 Å². The summed E-state index contributed by atoms with van der Waals surface area (Å²) in [5.41, 5.74) is 11.6. The zero-order chi connectivity index (χ0) is 14.7. The molecule has 2 rings (SSSR count). The summed E-state index contributed by atoms with van der Waals surface area (Å²) in [6, 6.07) is 14.6. The fourth-order valence-electron chi connectivity index (χ4n) is 2.37. The lowest BCUT2D eigenvalue weighted by molar-refractivity contribution is 0.916. The number of nitrogens with two attached hydrogens (primary N) is 1. The molecule has 0 saturated heterocycles. The molecule has 0 radical (unpaired) electrons. The molecule has 0 aromatic heterocycles. The number of hydrogen-bond donors (Lipinski definition) is 1. The van der Waals surface area contributed by atoms with Gasteiger partial charge >= 0.3 is 0 Å². The van der Waals surface area contributed by atoms with Crippen molar-refractivity contribution in [2.75, 3.05) is 11.9 Å². The van der Waals surface area contributed by atoms with E-state index in [2.05, 4.69) is 56.1 Å². The summed E-state index contributed by atoms with van der Waals surface area (Å²) in [6.45, 7) is 5.13. The van der Waals surface area contributed by atoms with Gasteiger partial charge in [0.05, 0.1) is 0 Å². The van der Waals surface area contributed by atoms with Gasteiger partial charge in [-0.25, -0.2) is 0 Å². The third kappa shape index (κ3) is 3.36. The van der Waals surface area contributed by atoms with Gasteiger partial charge in [-0.15, -0.1) is 0 Å². The van der Waals surface area contributed by atoms with Gasteiger partial charge in [-0.05, 0) is 31.0 Å². The second kappa shape index (κ2) is 6.06.